The first-order chi connectivity index (χ1) is 11.2. The van der Waals surface area contributed by atoms with Crippen LogP contribution in [0.15, 0.2) is 36.4 Å². The number of ether oxygens (including phenoxy) is 2. The summed E-state index contributed by atoms with van der Waals surface area (Å²) in [5.74, 6) is 1.22. The van der Waals surface area contributed by atoms with Crippen LogP contribution >= 0.6 is 22.9 Å². The van der Waals surface area contributed by atoms with Gasteiger partial charge >= 0.3 is 0 Å². The van der Waals surface area contributed by atoms with Crippen molar-refractivity contribution in [1.29, 1.82) is 0 Å². The van der Waals surface area contributed by atoms with Crippen LogP contribution in [0.4, 0.5) is 0 Å². The Morgan fingerprint density at radius 2 is 2.09 bits per heavy atom. The quantitative estimate of drug-likeness (QED) is 0.787. The Morgan fingerprint density at radius 3 is 3.00 bits per heavy atom. The van der Waals surface area contributed by atoms with Gasteiger partial charge in [-0.25, -0.2) is 4.98 Å². The van der Waals surface area contributed by atoms with Gasteiger partial charge in [0, 0.05) is 11.6 Å². The third-order valence-electron chi connectivity index (χ3n) is 3.43. The summed E-state index contributed by atoms with van der Waals surface area (Å²) in [6.45, 7) is 0.631. The molecule has 1 aliphatic rings. The first-order valence-corrected chi connectivity index (χ1v) is 8.11. The summed E-state index contributed by atoms with van der Waals surface area (Å²) in [6.07, 6.45) is 0. The number of amides is 1. The van der Waals surface area contributed by atoms with Gasteiger partial charge in [0.2, 0.25) is 6.79 Å². The number of benzene rings is 2. The Labute approximate surface area is 140 Å². The molecule has 1 N–H and O–H groups in total. The molecule has 0 fully saturated rings. The fourth-order valence-corrected chi connectivity index (χ4v) is 3.34. The minimum atomic E-state index is -0.208. The van der Waals surface area contributed by atoms with Crippen molar-refractivity contribution in [3.8, 4) is 11.5 Å². The van der Waals surface area contributed by atoms with Crippen LogP contribution in [0.2, 0.25) is 5.02 Å². The standard InChI is InChI=1S/C16H11ClN2O3S/c17-10-2-4-14-11(6-10)19-16(23-14)15(20)18-7-9-1-3-12-13(5-9)22-8-21-12/h1-6H,7-8H2,(H,18,20). The molecule has 1 aliphatic heterocycles. The molecule has 5 nitrogen and oxygen atoms in total. The van der Waals surface area contributed by atoms with E-state index in [2.05, 4.69) is 10.3 Å². The van der Waals surface area contributed by atoms with Crippen LogP contribution in [0.5, 0.6) is 11.5 Å². The van der Waals surface area contributed by atoms with E-state index >= 15 is 0 Å². The number of hydrogen-bond acceptors (Lipinski definition) is 5. The van der Waals surface area contributed by atoms with Crippen LogP contribution in [0.25, 0.3) is 10.2 Å². The number of halogens is 1. The van der Waals surface area contributed by atoms with Crippen LogP contribution < -0.4 is 14.8 Å². The number of thiazole rings is 1. The number of hydrogen-bond donors (Lipinski definition) is 1. The molecular weight excluding hydrogens is 336 g/mol. The summed E-state index contributed by atoms with van der Waals surface area (Å²) in [5, 5.41) is 3.89. The fourth-order valence-electron chi connectivity index (χ4n) is 2.31. The number of rotatable bonds is 3. The normalized spacial score (nSPS) is 12.6. The van der Waals surface area contributed by atoms with E-state index in [-0.39, 0.29) is 12.7 Å². The van der Waals surface area contributed by atoms with Gasteiger partial charge in [-0.2, -0.15) is 0 Å². The topological polar surface area (TPSA) is 60.5 Å². The molecule has 1 amide bonds. The molecule has 0 unspecified atom stereocenters. The van der Waals surface area contributed by atoms with Crippen LogP contribution in [-0.2, 0) is 6.54 Å². The van der Waals surface area contributed by atoms with Crippen LogP contribution in [0.1, 0.15) is 15.4 Å². The molecular formula is C16H11ClN2O3S. The highest BCUT2D eigenvalue weighted by Gasteiger charge is 2.15. The number of carbonyl (C=O) groups is 1. The Kier molecular flexibility index (Phi) is 3.55. The average molecular weight is 347 g/mol. The second-order valence-electron chi connectivity index (χ2n) is 5.00. The van der Waals surface area contributed by atoms with Crippen LogP contribution in [0.3, 0.4) is 0 Å². The summed E-state index contributed by atoms with van der Waals surface area (Å²) >= 11 is 7.28. The molecule has 23 heavy (non-hydrogen) atoms. The molecule has 0 bridgehead atoms. The van der Waals surface area contributed by atoms with Crippen molar-refractivity contribution in [3.05, 3.63) is 52.0 Å². The zero-order chi connectivity index (χ0) is 15.8. The van der Waals surface area contributed by atoms with E-state index in [0.29, 0.717) is 22.3 Å². The molecule has 7 heteroatoms. The minimum absolute atomic E-state index is 0.208. The minimum Gasteiger partial charge on any atom is -0.454 e. The molecule has 0 atom stereocenters. The predicted octanol–water partition coefficient (Wildman–Crippen LogP) is 3.61. The maximum atomic E-state index is 12.3. The van der Waals surface area contributed by atoms with Gasteiger partial charge in [0.25, 0.3) is 5.91 Å². The molecule has 4 rings (SSSR count). The predicted molar refractivity (Wildman–Crippen MR) is 88.4 cm³/mol. The van der Waals surface area contributed by atoms with Gasteiger partial charge < -0.3 is 14.8 Å². The highest BCUT2D eigenvalue weighted by molar-refractivity contribution is 7.20. The molecule has 1 aromatic heterocycles. The molecule has 0 aliphatic carbocycles. The summed E-state index contributed by atoms with van der Waals surface area (Å²) in [6, 6.07) is 11.0. The molecule has 3 aromatic rings. The van der Waals surface area contributed by atoms with Crippen LogP contribution in [-0.4, -0.2) is 17.7 Å². The van der Waals surface area contributed by atoms with Crippen molar-refractivity contribution >= 4 is 39.1 Å². The van der Waals surface area contributed by atoms with E-state index in [1.807, 2.05) is 24.3 Å². The highest BCUT2D eigenvalue weighted by Crippen LogP contribution is 2.32. The van der Waals surface area contributed by atoms with Gasteiger partial charge in [-0.3, -0.25) is 4.79 Å². The summed E-state index contributed by atoms with van der Waals surface area (Å²) in [5.41, 5.74) is 1.67. The Balaban J connectivity index is 1.48. The number of aromatic nitrogens is 1. The molecule has 0 radical (unpaired) electrons. The van der Waals surface area contributed by atoms with Gasteiger partial charge in [-0.05, 0) is 35.9 Å². The van der Waals surface area contributed by atoms with Gasteiger partial charge in [0.15, 0.2) is 16.5 Å². The van der Waals surface area contributed by atoms with Crippen molar-refractivity contribution in [2.75, 3.05) is 6.79 Å². The van der Waals surface area contributed by atoms with Crippen molar-refractivity contribution in [2.24, 2.45) is 0 Å². The van der Waals surface area contributed by atoms with Gasteiger partial charge in [0.1, 0.15) is 0 Å². The van der Waals surface area contributed by atoms with Crippen LogP contribution in [0, 0.1) is 0 Å². The summed E-state index contributed by atoms with van der Waals surface area (Å²) in [4.78, 5) is 16.6. The highest BCUT2D eigenvalue weighted by atomic mass is 35.5. The lowest BCUT2D eigenvalue weighted by Gasteiger charge is -2.04. The second-order valence-corrected chi connectivity index (χ2v) is 6.47. The molecule has 0 saturated carbocycles. The second kappa shape index (κ2) is 5.72. The third-order valence-corrected chi connectivity index (χ3v) is 4.70. The van der Waals surface area contributed by atoms with E-state index < -0.39 is 0 Å². The molecule has 0 spiro atoms. The average Bonchev–Trinajstić information content (AvgIpc) is 3.17. The van der Waals surface area contributed by atoms with Gasteiger partial charge in [0.05, 0.1) is 10.2 Å². The number of fused-ring (bicyclic) bond motifs is 2. The lowest BCUT2D eigenvalue weighted by Crippen LogP contribution is -2.22. The van der Waals surface area contributed by atoms with Crippen molar-refractivity contribution < 1.29 is 14.3 Å². The summed E-state index contributed by atoms with van der Waals surface area (Å²) in [7, 11) is 0. The third kappa shape index (κ3) is 2.83. The smallest absolute Gasteiger partial charge is 0.280 e. The Morgan fingerprint density at radius 1 is 1.22 bits per heavy atom. The Bertz CT molecular complexity index is 909. The van der Waals surface area contributed by atoms with Crippen molar-refractivity contribution in [3.63, 3.8) is 0 Å². The monoisotopic (exact) mass is 346 g/mol. The largest absolute Gasteiger partial charge is 0.454 e. The van der Waals surface area contributed by atoms with E-state index in [1.54, 1.807) is 12.1 Å². The first-order valence-electron chi connectivity index (χ1n) is 6.92. The van der Waals surface area contributed by atoms with E-state index in [4.69, 9.17) is 21.1 Å². The SMILES string of the molecule is O=C(NCc1ccc2c(c1)OCO2)c1nc2cc(Cl)ccc2s1. The molecule has 2 aromatic carbocycles. The van der Waals surface area contributed by atoms with Crippen molar-refractivity contribution in [1.82, 2.24) is 10.3 Å². The van der Waals surface area contributed by atoms with Crippen molar-refractivity contribution in [2.45, 2.75) is 6.54 Å². The lowest BCUT2D eigenvalue weighted by atomic mass is 10.2. The zero-order valence-electron chi connectivity index (χ0n) is 11.8. The van der Waals surface area contributed by atoms with Gasteiger partial charge in [-0.1, -0.05) is 17.7 Å². The molecule has 0 saturated heterocycles. The zero-order valence-corrected chi connectivity index (χ0v) is 13.4. The summed E-state index contributed by atoms with van der Waals surface area (Å²) < 4.78 is 11.5. The first kappa shape index (κ1) is 14.3. The fraction of sp³-hybridized carbons (Fsp3) is 0.125. The van der Waals surface area contributed by atoms with E-state index in [0.717, 1.165) is 21.5 Å². The number of nitrogens with zero attached hydrogens (tertiary/aromatic N) is 1. The van der Waals surface area contributed by atoms with E-state index in [1.165, 1.54) is 11.3 Å². The van der Waals surface area contributed by atoms with E-state index in [9.17, 15) is 4.79 Å². The maximum Gasteiger partial charge on any atom is 0.280 e. The molecule has 116 valence electrons. The maximum absolute atomic E-state index is 12.3. The number of carbonyl (C=O) groups excluding carboxylic acids is 1. The molecule has 2 heterocycles. The number of nitrogens with one attached hydrogen (secondary N) is 1. The van der Waals surface area contributed by atoms with Gasteiger partial charge in [-0.15, -0.1) is 11.3 Å². The Hall–Kier alpha value is -2.31. The lowest BCUT2D eigenvalue weighted by molar-refractivity contribution is 0.0950.